The maximum Gasteiger partial charge on any atom is 0.0946 e. The fourth-order valence-corrected chi connectivity index (χ4v) is 2.10. The van der Waals surface area contributed by atoms with Crippen LogP contribution in [0, 0.1) is 11.8 Å². The van der Waals surface area contributed by atoms with Crippen LogP contribution < -0.4 is 5.32 Å². The molecule has 0 radical (unpaired) electrons. The van der Waals surface area contributed by atoms with Crippen LogP contribution in [0.4, 0.5) is 0 Å². The second-order valence-electron chi connectivity index (χ2n) is 4.75. The predicted octanol–water partition coefficient (Wildman–Crippen LogP) is 1.15. The van der Waals surface area contributed by atoms with E-state index in [0.29, 0.717) is 5.92 Å². The molecule has 2 heterocycles. The molecule has 2 atom stereocenters. The zero-order valence-corrected chi connectivity index (χ0v) is 9.93. The summed E-state index contributed by atoms with van der Waals surface area (Å²) >= 11 is 0. The molecule has 0 aliphatic carbocycles. The Balaban J connectivity index is 1.58. The first-order valence-electron chi connectivity index (χ1n) is 6.09. The lowest BCUT2D eigenvalue weighted by molar-refractivity contribution is 0.185. The lowest BCUT2D eigenvalue weighted by atomic mass is 10.1. The molecule has 2 rings (SSSR count). The molecular weight excluding hydrogens is 202 g/mol. The van der Waals surface area contributed by atoms with Gasteiger partial charge in [-0.1, -0.05) is 6.92 Å². The lowest BCUT2D eigenvalue weighted by Crippen LogP contribution is -2.29. The Morgan fingerprint density at radius 3 is 3.25 bits per heavy atom. The minimum atomic E-state index is 0.636. The summed E-state index contributed by atoms with van der Waals surface area (Å²) in [4.78, 5) is 4.04. The number of nitrogens with zero attached hydrogens (tertiary/aromatic N) is 2. The average Bonchev–Trinajstić information content (AvgIpc) is 2.90. The smallest absolute Gasteiger partial charge is 0.0946 e. The van der Waals surface area contributed by atoms with E-state index in [4.69, 9.17) is 4.74 Å². The Morgan fingerprint density at radius 1 is 1.62 bits per heavy atom. The molecular formula is C12H21N3O. The number of imidazole rings is 1. The summed E-state index contributed by atoms with van der Waals surface area (Å²) < 4.78 is 7.48. The molecule has 4 heteroatoms. The Labute approximate surface area is 97.0 Å². The van der Waals surface area contributed by atoms with E-state index in [2.05, 4.69) is 21.8 Å². The van der Waals surface area contributed by atoms with Crippen LogP contribution in [0.3, 0.4) is 0 Å². The molecule has 0 aromatic carbocycles. The molecule has 1 saturated heterocycles. The Hall–Kier alpha value is -0.870. The van der Waals surface area contributed by atoms with Crippen LogP contribution in [0.5, 0.6) is 0 Å². The summed E-state index contributed by atoms with van der Waals surface area (Å²) in [6.07, 6.45) is 6.93. The summed E-state index contributed by atoms with van der Waals surface area (Å²) in [6, 6.07) is 0. The minimum absolute atomic E-state index is 0.636. The van der Waals surface area contributed by atoms with Gasteiger partial charge < -0.3 is 14.6 Å². The third-order valence-electron chi connectivity index (χ3n) is 3.03. The van der Waals surface area contributed by atoms with Crippen molar-refractivity contribution in [2.75, 3.05) is 26.3 Å². The summed E-state index contributed by atoms with van der Waals surface area (Å²) in [7, 11) is 0. The van der Waals surface area contributed by atoms with Gasteiger partial charge in [0.1, 0.15) is 0 Å². The molecule has 16 heavy (non-hydrogen) atoms. The van der Waals surface area contributed by atoms with E-state index in [1.165, 1.54) is 6.42 Å². The maximum absolute atomic E-state index is 5.35. The fourth-order valence-electron chi connectivity index (χ4n) is 2.10. The molecule has 1 aliphatic heterocycles. The molecule has 0 spiro atoms. The molecule has 0 amide bonds. The van der Waals surface area contributed by atoms with Gasteiger partial charge in [0.15, 0.2) is 0 Å². The van der Waals surface area contributed by atoms with Gasteiger partial charge in [-0.25, -0.2) is 4.98 Å². The third kappa shape index (κ3) is 3.61. The Kier molecular flexibility index (Phi) is 4.36. The second kappa shape index (κ2) is 6.01. The summed E-state index contributed by atoms with van der Waals surface area (Å²) in [5, 5.41) is 3.53. The van der Waals surface area contributed by atoms with Crippen molar-refractivity contribution in [2.24, 2.45) is 11.8 Å². The highest BCUT2D eigenvalue weighted by Crippen LogP contribution is 2.10. The molecule has 4 nitrogen and oxygen atoms in total. The largest absolute Gasteiger partial charge is 0.381 e. The molecule has 1 aromatic rings. The zero-order chi connectivity index (χ0) is 11.2. The van der Waals surface area contributed by atoms with Crippen molar-refractivity contribution in [1.82, 2.24) is 14.9 Å². The van der Waals surface area contributed by atoms with Gasteiger partial charge in [-0.2, -0.15) is 0 Å². The van der Waals surface area contributed by atoms with E-state index in [-0.39, 0.29) is 0 Å². The predicted molar refractivity (Wildman–Crippen MR) is 63.2 cm³/mol. The molecule has 90 valence electrons. The maximum atomic E-state index is 5.35. The first-order chi connectivity index (χ1) is 7.84. The van der Waals surface area contributed by atoms with Gasteiger partial charge in [-0.15, -0.1) is 0 Å². The van der Waals surface area contributed by atoms with Crippen LogP contribution in [-0.4, -0.2) is 35.9 Å². The van der Waals surface area contributed by atoms with E-state index in [1.54, 1.807) is 0 Å². The third-order valence-corrected chi connectivity index (χ3v) is 3.03. The first-order valence-corrected chi connectivity index (χ1v) is 6.09. The fraction of sp³-hybridized carbons (Fsp3) is 0.750. The van der Waals surface area contributed by atoms with Crippen molar-refractivity contribution in [3.8, 4) is 0 Å². The number of hydrogen-bond acceptors (Lipinski definition) is 3. The van der Waals surface area contributed by atoms with Crippen LogP contribution in [0.25, 0.3) is 0 Å². The minimum Gasteiger partial charge on any atom is -0.381 e. The molecule has 1 fully saturated rings. The Bertz CT molecular complexity index is 280. The van der Waals surface area contributed by atoms with Gasteiger partial charge in [0.05, 0.1) is 12.9 Å². The normalized spacial score (nSPS) is 22.4. The second-order valence-corrected chi connectivity index (χ2v) is 4.75. The van der Waals surface area contributed by atoms with Crippen molar-refractivity contribution < 1.29 is 4.74 Å². The van der Waals surface area contributed by atoms with Crippen LogP contribution in [0.15, 0.2) is 18.7 Å². The van der Waals surface area contributed by atoms with E-state index >= 15 is 0 Å². The van der Waals surface area contributed by atoms with Crippen LogP contribution in [-0.2, 0) is 11.3 Å². The van der Waals surface area contributed by atoms with Gasteiger partial charge in [0.25, 0.3) is 0 Å². The van der Waals surface area contributed by atoms with Crippen molar-refractivity contribution in [3.05, 3.63) is 18.7 Å². The quantitative estimate of drug-likeness (QED) is 0.786. The highest BCUT2D eigenvalue weighted by molar-refractivity contribution is 4.75. The number of aromatic nitrogens is 2. The van der Waals surface area contributed by atoms with Crippen molar-refractivity contribution >= 4 is 0 Å². The number of ether oxygens (including phenoxy) is 1. The van der Waals surface area contributed by atoms with Crippen molar-refractivity contribution in [3.63, 3.8) is 0 Å². The summed E-state index contributed by atoms with van der Waals surface area (Å²) in [5.41, 5.74) is 0. The van der Waals surface area contributed by atoms with E-state index < -0.39 is 0 Å². The molecule has 0 saturated carbocycles. The van der Waals surface area contributed by atoms with Crippen LogP contribution >= 0.6 is 0 Å². The van der Waals surface area contributed by atoms with Crippen LogP contribution in [0.2, 0.25) is 0 Å². The van der Waals surface area contributed by atoms with Crippen LogP contribution in [0.1, 0.15) is 13.3 Å². The molecule has 1 N–H and O–H groups in total. The lowest BCUT2D eigenvalue weighted by Gasteiger charge is -2.15. The Morgan fingerprint density at radius 2 is 2.56 bits per heavy atom. The molecule has 1 aliphatic rings. The van der Waals surface area contributed by atoms with Crippen molar-refractivity contribution in [1.29, 1.82) is 0 Å². The van der Waals surface area contributed by atoms with E-state index in [9.17, 15) is 0 Å². The number of nitrogens with one attached hydrogen (secondary N) is 1. The SMILES string of the molecule is CC(CNCC1CCOC1)Cn1ccnc1. The van der Waals surface area contributed by atoms with Gasteiger partial charge in [-0.3, -0.25) is 0 Å². The summed E-state index contributed by atoms with van der Waals surface area (Å²) in [6.45, 7) is 7.33. The molecule has 2 unspecified atom stereocenters. The van der Waals surface area contributed by atoms with Gasteiger partial charge in [0.2, 0.25) is 0 Å². The summed E-state index contributed by atoms with van der Waals surface area (Å²) in [5.74, 6) is 1.36. The average molecular weight is 223 g/mol. The molecule has 1 aromatic heterocycles. The van der Waals surface area contributed by atoms with Gasteiger partial charge in [-0.05, 0) is 24.8 Å². The van der Waals surface area contributed by atoms with Gasteiger partial charge >= 0.3 is 0 Å². The van der Waals surface area contributed by atoms with Gasteiger partial charge in [0, 0.05) is 32.1 Å². The standard InChI is InChI=1S/C12H21N3O/c1-11(8-15-4-3-13-10-15)6-14-7-12-2-5-16-9-12/h3-4,10-12,14H,2,5-9H2,1H3. The van der Waals surface area contributed by atoms with E-state index in [0.717, 1.165) is 38.8 Å². The monoisotopic (exact) mass is 223 g/mol. The van der Waals surface area contributed by atoms with Crippen molar-refractivity contribution in [2.45, 2.75) is 19.9 Å². The molecule has 0 bridgehead atoms. The number of hydrogen-bond donors (Lipinski definition) is 1. The van der Waals surface area contributed by atoms with E-state index in [1.807, 2.05) is 18.7 Å². The topological polar surface area (TPSA) is 39.1 Å². The highest BCUT2D eigenvalue weighted by Gasteiger charge is 2.15. The number of rotatable bonds is 6. The highest BCUT2D eigenvalue weighted by atomic mass is 16.5. The zero-order valence-electron chi connectivity index (χ0n) is 9.93. The first kappa shape index (κ1) is 11.6.